The summed E-state index contributed by atoms with van der Waals surface area (Å²) in [5.74, 6) is 1.71. The molecular weight excluding hydrogens is 787 g/mol. The van der Waals surface area contributed by atoms with E-state index in [4.69, 9.17) is 15.0 Å². The molecule has 63 heavy (non-hydrogen) atoms. The summed E-state index contributed by atoms with van der Waals surface area (Å²) in [6.07, 6.45) is 0. The molecule has 0 aliphatic heterocycles. The third-order valence-corrected chi connectivity index (χ3v) is 13.6. The van der Waals surface area contributed by atoms with Gasteiger partial charge in [-0.2, -0.15) is 15.0 Å². The van der Waals surface area contributed by atoms with Crippen molar-refractivity contribution in [2.24, 2.45) is 0 Å². The molecule has 4 aromatic heterocycles. The second-order valence-electron chi connectivity index (χ2n) is 16.0. The van der Waals surface area contributed by atoms with E-state index < -0.39 is 0 Å². The van der Waals surface area contributed by atoms with Crippen LogP contribution in [0.25, 0.3) is 120 Å². The quantitative estimate of drug-likeness (QED) is 0.168. The number of hydrogen-bond donors (Lipinski definition) is 0. The fourth-order valence-electron chi connectivity index (χ4n) is 9.49. The summed E-state index contributed by atoms with van der Waals surface area (Å²) >= 11 is 1.80. The van der Waals surface area contributed by atoms with Crippen LogP contribution in [0.1, 0.15) is 0 Å². The van der Waals surface area contributed by atoms with Crippen LogP contribution in [-0.4, -0.2) is 24.1 Å². The average molecular weight is 822 g/mol. The molecule has 13 aromatic rings. The molecule has 5 nitrogen and oxygen atoms in total. The molecule has 0 saturated carbocycles. The van der Waals surface area contributed by atoms with Crippen LogP contribution in [0.3, 0.4) is 0 Å². The van der Waals surface area contributed by atoms with E-state index >= 15 is 0 Å². The van der Waals surface area contributed by atoms with Gasteiger partial charge < -0.3 is 0 Å². The number of benzene rings is 9. The SMILES string of the molecule is c1ccc(-c2ccc3c4ccccc4n(-c4nc(-c5cccc6sc7ccccc7c56)nc(-n5c6cc(-c7ccccc7)ccc6c6ccc(-c7ccccc7)cc65)n4)c3c2)cc1. The molecule has 0 aliphatic carbocycles. The van der Waals surface area contributed by atoms with E-state index in [1.54, 1.807) is 11.3 Å². The van der Waals surface area contributed by atoms with Crippen LogP contribution in [0, 0.1) is 0 Å². The van der Waals surface area contributed by atoms with Gasteiger partial charge in [0.25, 0.3) is 0 Å². The summed E-state index contributed by atoms with van der Waals surface area (Å²) in [6.45, 7) is 0. The molecule has 294 valence electrons. The molecule has 6 heteroatoms. The summed E-state index contributed by atoms with van der Waals surface area (Å²) in [5, 5.41) is 6.87. The first-order valence-corrected chi connectivity index (χ1v) is 22.0. The van der Waals surface area contributed by atoms with Gasteiger partial charge in [0.1, 0.15) is 0 Å². The Labute approximate surface area is 366 Å². The second-order valence-corrected chi connectivity index (χ2v) is 17.1. The zero-order valence-corrected chi connectivity index (χ0v) is 34.7. The molecular formula is C57H35N5S. The van der Waals surface area contributed by atoms with Crippen LogP contribution >= 0.6 is 11.3 Å². The molecule has 0 radical (unpaired) electrons. The molecule has 0 aliphatic rings. The van der Waals surface area contributed by atoms with Crippen molar-refractivity contribution in [3.63, 3.8) is 0 Å². The van der Waals surface area contributed by atoms with Gasteiger partial charge in [0.05, 0.1) is 22.1 Å². The van der Waals surface area contributed by atoms with Gasteiger partial charge >= 0.3 is 0 Å². The third-order valence-electron chi connectivity index (χ3n) is 12.4. The Morgan fingerprint density at radius 3 is 1.27 bits per heavy atom. The van der Waals surface area contributed by atoms with Crippen molar-refractivity contribution in [3.05, 3.63) is 212 Å². The van der Waals surface area contributed by atoms with E-state index in [9.17, 15) is 0 Å². The molecule has 0 saturated heterocycles. The summed E-state index contributed by atoms with van der Waals surface area (Å²) in [7, 11) is 0. The van der Waals surface area contributed by atoms with Crippen molar-refractivity contribution in [2.45, 2.75) is 0 Å². The molecule has 0 bridgehead atoms. The molecule has 9 aromatic carbocycles. The molecule has 0 amide bonds. The first-order valence-electron chi connectivity index (χ1n) is 21.2. The highest BCUT2D eigenvalue weighted by molar-refractivity contribution is 7.25. The fourth-order valence-corrected chi connectivity index (χ4v) is 10.6. The number of para-hydroxylation sites is 1. The van der Waals surface area contributed by atoms with Crippen molar-refractivity contribution >= 4 is 75.1 Å². The van der Waals surface area contributed by atoms with Crippen LogP contribution in [0.4, 0.5) is 0 Å². The minimum absolute atomic E-state index is 0.548. The number of thiophene rings is 1. The number of rotatable bonds is 6. The molecule has 0 atom stereocenters. The Morgan fingerprint density at radius 2 is 0.730 bits per heavy atom. The third kappa shape index (κ3) is 5.73. The summed E-state index contributed by atoms with van der Waals surface area (Å²) in [5.41, 5.74) is 11.9. The fraction of sp³-hybridized carbons (Fsp3) is 0. The topological polar surface area (TPSA) is 48.5 Å². The van der Waals surface area contributed by atoms with Crippen LogP contribution in [0.15, 0.2) is 212 Å². The molecule has 0 unspecified atom stereocenters. The Balaban J connectivity index is 1.16. The first-order chi connectivity index (χ1) is 31.2. The minimum Gasteiger partial charge on any atom is -0.278 e. The van der Waals surface area contributed by atoms with Crippen molar-refractivity contribution in [2.75, 3.05) is 0 Å². The highest BCUT2D eigenvalue weighted by atomic mass is 32.1. The average Bonchev–Trinajstić information content (AvgIpc) is 4.01. The Bertz CT molecular complexity index is 3810. The molecule has 0 spiro atoms. The lowest BCUT2D eigenvalue weighted by Crippen LogP contribution is -2.10. The van der Waals surface area contributed by atoms with Crippen LogP contribution < -0.4 is 0 Å². The van der Waals surface area contributed by atoms with Crippen molar-refractivity contribution in [1.29, 1.82) is 0 Å². The Hall–Kier alpha value is -8.19. The van der Waals surface area contributed by atoms with Gasteiger partial charge in [0, 0.05) is 47.3 Å². The van der Waals surface area contributed by atoms with E-state index in [1.807, 2.05) is 0 Å². The summed E-state index contributed by atoms with van der Waals surface area (Å²) < 4.78 is 6.91. The van der Waals surface area contributed by atoms with Crippen molar-refractivity contribution in [3.8, 4) is 56.7 Å². The normalized spacial score (nSPS) is 11.8. The summed E-state index contributed by atoms with van der Waals surface area (Å²) in [6, 6.07) is 75.7. The lowest BCUT2D eigenvalue weighted by molar-refractivity contribution is 0.893. The monoisotopic (exact) mass is 821 g/mol. The van der Waals surface area contributed by atoms with Gasteiger partial charge in [-0.25, -0.2) is 0 Å². The molecule has 0 fully saturated rings. The maximum atomic E-state index is 5.59. The highest BCUT2D eigenvalue weighted by Gasteiger charge is 2.23. The lowest BCUT2D eigenvalue weighted by atomic mass is 10.0. The number of aromatic nitrogens is 5. The van der Waals surface area contributed by atoms with Crippen LogP contribution in [0.2, 0.25) is 0 Å². The van der Waals surface area contributed by atoms with Crippen LogP contribution in [-0.2, 0) is 0 Å². The van der Waals surface area contributed by atoms with E-state index in [-0.39, 0.29) is 0 Å². The summed E-state index contributed by atoms with van der Waals surface area (Å²) in [4.78, 5) is 16.7. The molecule has 4 heterocycles. The number of fused-ring (bicyclic) bond motifs is 9. The largest absolute Gasteiger partial charge is 0.278 e. The Morgan fingerprint density at radius 1 is 0.302 bits per heavy atom. The van der Waals surface area contributed by atoms with E-state index in [0.29, 0.717) is 17.7 Å². The van der Waals surface area contributed by atoms with Gasteiger partial charge in [-0.15, -0.1) is 11.3 Å². The highest BCUT2D eigenvalue weighted by Crippen LogP contribution is 2.42. The predicted octanol–water partition coefficient (Wildman–Crippen LogP) is 15.1. The van der Waals surface area contributed by atoms with E-state index in [2.05, 4.69) is 221 Å². The van der Waals surface area contributed by atoms with E-state index in [1.165, 1.54) is 14.8 Å². The van der Waals surface area contributed by atoms with E-state index in [0.717, 1.165) is 87.9 Å². The maximum Gasteiger partial charge on any atom is 0.240 e. The zero-order valence-electron chi connectivity index (χ0n) is 33.9. The predicted molar refractivity (Wildman–Crippen MR) is 263 cm³/mol. The van der Waals surface area contributed by atoms with Gasteiger partial charge in [0.2, 0.25) is 11.9 Å². The van der Waals surface area contributed by atoms with Gasteiger partial charge in [0.15, 0.2) is 5.82 Å². The number of hydrogen-bond acceptors (Lipinski definition) is 4. The van der Waals surface area contributed by atoms with Gasteiger partial charge in [-0.3, -0.25) is 9.13 Å². The van der Waals surface area contributed by atoms with Crippen LogP contribution in [0.5, 0.6) is 0 Å². The molecule has 0 N–H and O–H groups in total. The first kappa shape index (κ1) is 35.6. The van der Waals surface area contributed by atoms with Gasteiger partial charge in [-0.05, 0) is 69.8 Å². The maximum absolute atomic E-state index is 5.59. The smallest absolute Gasteiger partial charge is 0.240 e. The van der Waals surface area contributed by atoms with Crippen molar-refractivity contribution < 1.29 is 0 Å². The second kappa shape index (κ2) is 14.2. The van der Waals surface area contributed by atoms with Gasteiger partial charge in [-0.1, -0.05) is 176 Å². The lowest BCUT2D eigenvalue weighted by Gasteiger charge is -2.14. The Kier molecular flexibility index (Phi) is 8.01. The minimum atomic E-state index is 0.548. The molecule has 13 rings (SSSR count). The zero-order chi connectivity index (χ0) is 41.4. The standard InChI is InChI=1S/C57H35N5S/c1-4-15-36(16-5-1)39-27-30-43-42-21-10-12-24-48(42)61(49(43)33-39)56-58-55(47-23-14-26-53-54(47)46-22-11-13-25-52(46)63-53)59-57(60-56)62-50-34-40(37-17-6-2-7-18-37)28-31-44(50)45-32-29-41(35-51(45)62)38-19-8-3-9-20-38/h1-35H. The number of nitrogens with zero attached hydrogens (tertiary/aromatic N) is 5. The van der Waals surface area contributed by atoms with Crippen molar-refractivity contribution in [1.82, 2.24) is 24.1 Å².